The van der Waals surface area contributed by atoms with E-state index in [0.29, 0.717) is 25.1 Å². The van der Waals surface area contributed by atoms with Crippen molar-refractivity contribution in [2.75, 3.05) is 13.1 Å². The summed E-state index contributed by atoms with van der Waals surface area (Å²) in [7, 11) is -3.77. The Kier molecular flexibility index (Phi) is 5.39. The Hall–Kier alpha value is -1.41. The second-order valence-electron chi connectivity index (χ2n) is 6.85. The van der Waals surface area contributed by atoms with Crippen LogP contribution in [0.2, 0.25) is 5.15 Å². The minimum Gasteiger partial charge on any atom is -0.444 e. The van der Waals surface area contributed by atoms with E-state index < -0.39 is 26.8 Å². The molecule has 0 N–H and O–H groups in total. The maximum absolute atomic E-state index is 12.8. The predicted molar refractivity (Wildman–Crippen MR) is 89.8 cm³/mol. The smallest absolute Gasteiger partial charge is 0.410 e. The molecule has 0 saturated carbocycles. The maximum Gasteiger partial charge on any atom is 0.410 e. The summed E-state index contributed by atoms with van der Waals surface area (Å²) in [5.41, 5.74) is -0.149. The van der Waals surface area contributed by atoms with Crippen LogP contribution in [0, 0.1) is 6.92 Å². The molecule has 0 aromatic carbocycles. The van der Waals surface area contributed by atoms with Crippen molar-refractivity contribution in [3.05, 3.63) is 16.9 Å². The second-order valence-corrected chi connectivity index (χ2v) is 9.36. The molecule has 9 heteroatoms. The van der Waals surface area contributed by atoms with Gasteiger partial charge in [0.2, 0.25) is 15.0 Å². The Labute approximate surface area is 147 Å². The summed E-state index contributed by atoms with van der Waals surface area (Å²) in [6.45, 7) is 7.49. The molecule has 1 fully saturated rings. The van der Waals surface area contributed by atoms with Crippen LogP contribution in [-0.4, -0.2) is 53.3 Å². The number of carbonyl (C=O) groups is 1. The van der Waals surface area contributed by atoms with Crippen LogP contribution in [0.1, 0.15) is 39.3 Å². The number of hydrogen-bond donors (Lipinski definition) is 0. The van der Waals surface area contributed by atoms with Crippen molar-refractivity contribution in [2.24, 2.45) is 0 Å². The Morgan fingerprint density at radius 3 is 2.62 bits per heavy atom. The summed E-state index contributed by atoms with van der Waals surface area (Å²) in [5, 5.41) is -0.971. The second kappa shape index (κ2) is 6.84. The van der Waals surface area contributed by atoms with Crippen LogP contribution in [0.4, 0.5) is 4.79 Å². The van der Waals surface area contributed by atoms with Gasteiger partial charge in [0.1, 0.15) is 10.8 Å². The normalized spacial score (nSPS) is 19.2. The Morgan fingerprint density at radius 1 is 1.38 bits per heavy atom. The van der Waals surface area contributed by atoms with Gasteiger partial charge in [-0.1, -0.05) is 11.6 Å². The fourth-order valence-corrected chi connectivity index (χ4v) is 4.40. The molecule has 2 heterocycles. The zero-order chi connectivity index (χ0) is 18.1. The molecule has 1 amide bonds. The summed E-state index contributed by atoms with van der Waals surface area (Å²) in [5.74, 6) is 0. The van der Waals surface area contributed by atoms with E-state index in [4.69, 9.17) is 16.3 Å². The third-order valence-electron chi connectivity index (χ3n) is 3.53. The van der Waals surface area contributed by atoms with E-state index in [-0.39, 0.29) is 16.9 Å². The first-order valence-electron chi connectivity index (χ1n) is 7.72. The molecule has 0 spiro atoms. The first kappa shape index (κ1) is 18.9. The molecule has 24 heavy (non-hydrogen) atoms. The summed E-state index contributed by atoms with van der Waals surface area (Å²) >= 11 is 5.85. The van der Waals surface area contributed by atoms with Crippen molar-refractivity contribution in [1.29, 1.82) is 0 Å². The zero-order valence-corrected chi connectivity index (χ0v) is 15.8. The number of rotatable bonds is 2. The molecule has 1 atom stereocenters. The third kappa shape index (κ3) is 4.57. The van der Waals surface area contributed by atoms with Crippen LogP contribution in [0.5, 0.6) is 0 Å². The summed E-state index contributed by atoms with van der Waals surface area (Å²) in [6, 6.07) is 1.49. The molecular weight excluding hydrogens is 354 g/mol. The number of amides is 1. The molecule has 1 aliphatic heterocycles. The molecule has 2 rings (SSSR count). The lowest BCUT2D eigenvalue weighted by molar-refractivity contribution is 0.0219. The number of nitrogens with zero attached hydrogens (tertiary/aromatic N) is 3. The highest BCUT2D eigenvalue weighted by Gasteiger charge is 2.37. The predicted octanol–water partition coefficient (Wildman–Crippen LogP) is 2.61. The highest BCUT2D eigenvalue weighted by Crippen LogP contribution is 2.24. The Balaban J connectivity index is 2.20. The molecule has 0 bridgehead atoms. The third-order valence-corrected chi connectivity index (χ3v) is 5.67. The average Bonchev–Trinajstić information content (AvgIpc) is 2.44. The van der Waals surface area contributed by atoms with Crippen LogP contribution in [0.3, 0.4) is 0 Å². The Morgan fingerprint density at radius 2 is 2.04 bits per heavy atom. The van der Waals surface area contributed by atoms with Crippen LogP contribution in [0.25, 0.3) is 0 Å². The molecule has 1 aromatic rings. The van der Waals surface area contributed by atoms with Crippen LogP contribution in [-0.2, 0) is 14.6 Å². The molecular formula is C15H22ClN3O4S. The number of likely N-dealkylation sites (tertiary alicyclic amines) is 1. The van der Waals surface area contributed by atoms with E-state index in [1.54, 1.807) is 27.7 Å². The quantitative estimate of drug-likeness (QED) is 0.583. The van der Waals surface area contributed by atoms with E-state index >= 15 is 0 Å². The van der Waals surface area contributed by atoms with Gasteiger partial charge in [-0.15, -0.1) is 0 Å². The first-order chi connectivity index (χ1) is 11.0. The highest BCUT2D eigenvalue weighted by atomic mass is 35.5. The standard InChI is InChI=1S/C15H22ClN3O4S/c1-10-8-12(16)18-13(17-10)24(21,22)11-6-5-7-19(9-11)14(20)23-15(2,3)4/h8,11H,5-7,9H2,1-4H3/t11-/m0/s1. The van der Waals surface area contributed by atoms with Crippen molar-refractivity contribution < 1.29 is 17.9 Å². The SMILES string of the molecule is Cc1cc(Cl)nc(S(=O)(=O)[C@H]2CCCN(C(=O)OC(C)(C)C)C2)n1. The molecule has 0 aliphatic carbocycles. The van der Waals surface area contributed by atoms with E-state index in [1.165, 1.54) is 11.0 Å². The topological polar surface area (TPSA) is 89.5 Å². The molecule has 1 saturated heterocycles. The highest BCUT2D eigenvalue weighted by molar-refractivity contribution is 7.91. The Bertz CT molecular complexity index is 710. The van der Waals surface area contributed by atoms with E-state index in [0.717, 1.165) is 0 Å². The number of aryl methyl sites for hydroxylation is 1. The van der Waals surface area contributed by atoms with Gasteiger partial charge in [-0.3, -0.25) is 0 Å². The monoisotopic (exact) mass is 375 g/mol. The van der Waals surface area contributed by atoms with E-state index in [2.05, 4.69) is 9.97 Å². The van der Waals surface area contributed by atoms with Gasteiger partial charge < -0.3 is 9.64 Å². The van der Waals surface area contributed by atoms with Gasteiger partial charge in [-0.2, -0.15) is 0 Å². The van der Waals surface area contributed by atoms with Crippen molar-refractivity contribution in [2.45, 2.75) is 56.5 Å². The molecule has 1 aromatic heterocycles. The number of ether oxygens (including phenoxy) is 1. The van der Waals surface area contributed by atoms with Crippen molar-refractivity contribution in [1.82, 2.24) is 14.9 Å². The first-order valence-corrected chi connectivity index (χ1v) is 9.64. The number of aromatic nitrogens is 2. The lowest BCUT2D eigenvalue weighted by Crippen LogP contribution is -2.47. The fraction of sp³-hybridized carbons (Fsp3) is 0.667. The maximum atomic E-state index is 12.8. The van der Waals surface area contributed by atoms with Gasteiger partial charge in [-0.25, -0.2) is 23.2 Å². The molecule has 1 aliphatic rings. The van der Waals surface area contributed by atoms with Crippen LogP contribution in [0.15, 0.2) is 11.2 Å². The van der Waals surface area contributed by atoms with Crippen molar-refractivity contribution in [3.8, 4) is 0 Å². The van der Waals surface area contributed by atoms with E-state index in [1.807, 2.05) is 0 Å². The van der Waals surface area contributed by atoms with Gasteiger partial charge in [0, 0.05) is 18.8 Å². The molecule has 7 nitrogen and oxygen atoms in total. The van der Waals surface area contributed by atoms with Gasteiger partial charge in [-0.05, 0) is 46.6 Å². The molecule has 0 radical (unpaired) electrons. The summed E-state index contributed by atoms with van der Waals surface area (Å²) in [6.07, 6.45) is 0.504. The number of carbonyl (C=O) groups excluding carboxylic acids is 1. The van der Waals surface area contributed by atoms with Crippen LogP contribution >= 0.6 is 11.6 Å². The van der Waals surface area contributed by atoms with Gasteiger partial charge >= 0.3 is 6.09 Å². The van der Waals surface area contributed by atoms with Gasteiger partial charge in [0.15, 0.2) is 0 Å². The zero-order valence-electron chi connectivity index (χ0n) is 14.2. The summed E-state index contributed by atoms with van der Waals surface area (Å²) in [4.78, 5) is 21.4. The van der Waals surface area contributed by atoms with Crippen LogP contribution < -0.4 is 0 Å². The fourth-order valence-electron chi connectivity index (χ4n) is 2.46. The minimum absolute atomic E-state index is 0.0617. The minimum atomic E-state index is -3.77. The van der Waals surface area contributed by atoms with E-state index in [9.17, 15) is 13.2 Å². The summed E-state index contributed by atoms with van der Waals surface area (Å²) < 4.78 is 30.9. The number of piperidine rings is 1. The number of sulfone groups is 1. The molecule has 0 unspecified atom stereocenters. The molecule has 134 valence electrons. The average molecular weight is 376 g/mol. The lowest BCUT2D eigenvalue weighted by atomic mass is 10.1. The lowest BCUT2D eigenvalue weighted by Gasteiger charge is -2.33. The van der Waals surface area contributed by atoms with Gasteiger partial charge in [0.05, 0.1) is 5.25 Å². The van der Waals surface area contributed by atoms with Gasteiger partial charge in [0.25, 0.3) is 0 Å². The number of hydrogen-bond acceptors (Lipinski definition) is 6. The van der Waals surface area contributed by atoms with Crippen molar-refractivity contribution in [3.63, 3.8) is 0 Å². The largest absolute Gasteiger partial charge is 0.444 e. The van der Waals surface area contributed by atoms with Crippen molar-refractivity contribution >= 4 is 27.5 Å². The number of halogens is 1.